The molecule has 0 spiro atoms. The number of amides is 1. The number of rotatable bonds is 5. The molecule has 2 aromatic rings. The predicted octanol–water partition coefficient (Wildman–Crippen LogP) is 3.49. The molecule has 0 aliphatic heterocycles. The van der Waals surface area contributed by atoms with E-state index in [2.05, 4.69) is 15.6 Å². The van der Waals surface area contributed by atoms with Crippen LogP contribution in [-0.2, 0) is 0 Å². The Bertz CT molecular complexity index is 584. The van der Waals surface area contributed by atoms with Crippen molar-refractivity contribution in [2.45, 2.75) is 11.8 Å². The molecule has 0 atom stereocenters. The van der Waals surface area contributed by atoms with Crippen molar-refractivity contribution in [3.05, 3.63) is 48.2 Å². The number of aromatic nitrogens is 1. The minimum absolute atomic E-state index is 0.151. The first-order valence-electron chi connectivity index (χ1n) is 6.39. The topological polar surface area (TPSA) is 54.0 Å². The van der Waals surface area contributed by atoms with Crippen LogP contribution in [0.25, 0.3) is 0 Å². The van der Waals surface area contributed by atoms with Crippen molar-refractivity contribution in [2.75, 3.05) is 23.4 Å². The second kappa shape index (κ2) is 6.96. The van der Waals surface area contributed by atoms with E-state index in [0.717, 1.165) is 22.9 Å². The monoisotopic (exact) mass is 287 g/mol. The number of thioether (sulfide) groups is 1. The third kappa shape index (κ3) is 3.51. The molecule has 0 aliphatic carbocycles. The molecule has 1 amide bonds. The molecule has 4 nitrogen and oxygen atoms in total. The van der Waals surface area contributed by atoms with E-state index in [1.165, 1.54) is 0 Å². The molecule has 1 aromatic carbocycles. The van der Waals surface area contributed by atoms with Crippen LogP contribution in [0.4, 0.5) is 11.5 Å². The average Bonchev–Trinajstić information content (AvgIpc) is 2.49. The fourth-order valence-electron chi connectivity index (χ4n) is 1.76. The molecule has 0 radical (unpaired) electrons. The fourth-order valence-corrected chi connectivity index (χ4v) is 2.31. The van der Waals surface area contributed by atoms with Gasteiger partial charge in [-0.2, -0.15) is 0 Å². The van der Waals surface area contributed by atoms with Crippen LogP contribution in [0, 0.1) is 0 Å². The largest absolute Gasteiger partial charge is 0.370 e. The Morgan fingerprint density at radius 3 is 2.70 bits per heavy atom. The lowest BCUT2D eigenvalue weighted by atomic mass is 10.2. The first kappa shape index (κ1) is 14.4. The number of hydrogen-bond acceptors (Lipinski definition) is 4. The molecule has 0 saturated carbocycles. The third-order valence-electron chi connectivity index (χ3n) is 2.74. The van der Waals surface area contributed by atoms with Gasteiger partial charge in [0.05, 0.1) is 11.3 Å². The molecule has 2 N–H and O–H groups in total. The highest BCUT2D eigenvalue weighted by molar-refractivity contribution is 7.98. The number of nitrogens with zero attached hydrogens (tertiary/aromatic N) is 1. The van der Waals surface area contributed by atoms with Gasteiger partial charge in [0.2, 0.25) is 0 Å². The Kier molecular flexibility index (Phi) is 5.01. The van der Waals surface area contributed by atoms with E-state index >= 15 is 0 Å². The van der Waals surface area contributed by atoms with Crippen LogP contribution in [-0.4, -0.2) is 23.7 Å². The fraction of sp³-hybridized carbons (Fsp3) is 0.200. The molecule has 104 valence electrons. The third-order valence-corrected chi connectivity index (χ3v) is 3.53. The van der Waals surface area contributed by atoms with Gasteiger partial charge in [-0.05, 0) is 37.4 Å². The molecule has 0 unspecified atom stereocenters. The summed E-state index contributed by atoms with van der Waals surface area (Å²) in [7, 11) is 0. The van der Waals surface area contributed by atoms with Gasteiger partial charge in [0.25, 0.3) is 5.91 Å². The van der Waals surface area contributed by atoms with Crippen LogP contribution in [0.15, 0.2) is 47.5 Å². The number of carbonyl (C=O) groups excluding carboxylic acids is 1. The summed E-state index contributed by atoms with van der Waals surface area (Å²) in [5.41, 5.74) is 1.36. The standard InChI is InChI=1S/C15H17N3OS/c1-3-16-14-9-8-11(10-17-14)15(19)18-12-6-4-5-7-13(12)20-2/h4-10H,3H2,1-2H3,(H,16,17)(H,18,19). The van der Waals surface area contributed by atoms with Gasteiger partial charge in [0.15, 0.2) is 0 Å². The Morgan fingerprint density at radius 2 is 2.05 bits per heavy atom. The maximum atomic E-state index is 12.2. The summed E-state index contributed by atoms with van der Waals surface area (Å²) in [5.74, 6) is 0.621. The molecule has 0 aliphatic rings. The first-order chi connectivity index (χ1) is 9.74. The summed E-state index contributed by atoms with van der Waals surface area (Å²) in [5, 5.41) is 6.00. The normalized spacial score (nSPS) is 10.1. The van der Waals surface area contributed by atoms with Crippen molar-refractivity contribution in [1.82, 2.24) is 4.98 Å². The number of carbonyl (C=O) groups is 1. The summed E-state index contributed by atoms with van der Waals surface area (Å²) in [6.45, 7) is 2.81. The second-order valence-corrected chi connectivity index (χ2v) is 4.96. The van der Waals surface area contributed by atoms with Gasteiger partial charge < -0.3 is 10.6 Å². The van der Waals surface area contributed by atoms with Crippen LogP contribution >= 0.6 is 11.8 Å². The van der Waals surface area contributed by atoms with Crippen molar-refractivity contribution >= 4 is 29.2 Å². The zero-order chi connectivity index (χ0) is 14.4. The van der Waals surface area contributed by atoms with Crippen molar-refractivity contribution in [1.29, 1.82) is 0 Å². The van der Waals surface area contributed by atoms with Crippen molar-refractivity contribution in [2.24, 2.45) is 0 Å². The van der Waals surface area contributed by atoms with Crippen LogP contribution in [0.5, 0.6) is 0 Å². The van der Waals surface area contributed by atoms with Crippen LogP contribution in [0.3, 0.4) is 0 Å². The van der Waals surface area contributed by atoms with Gasteiger partial charge >= 0.3 is 0 Å². The summed E-state index contributed by atoms with van der Waals surface area (Å²) < 4.78 is 0. The summed E-state index contributed by atoms with van der Waals surface area (Å²) in [6, 6.07) is 11.3. The van der Waals surface area contributed by atoms with E-state index in [1.807, 2.05) is 37.4 Å². The van der Waals surface area contributed by atoms with Gasteiger partial charge in [-0.15, -0.1) is 11.8 Å². The summed E-state index contributed by atoms with van der Waals surface area (Å²) in [4.78, 5) is 17.4. The van der Waals surface area contributed by atoms with E-state index < -0.39 is 0 Å². The quantitative estimate of drug-likeness (QED) is 0.827. The molecular formula is C15H17N3OS. The van der Waals surface area contributed by atoms with Crippen LogP contribution < -0.4 is 10.6 Å². The minimum Gasteiger partial charge on any atom is -0.370 e. The molecule has 0 fully saturated rings. The predicted molar refractivity (Wildman–Crippen MR) is 84.6 cm³/mol. The average molecular weight is 287 g/mol. The summed E-state index contributed by atoms with van der Waals surface area (Å²) >= 11 is 1.60. The maximum absolute atomic E-state index is 12.2. The molecule has 0 bridgehead atoms. The lowest BCUT2D eigenvalue weighted by Crippen LogP contribution is -2.13. The molecule has 20 heavy (non-hydrogen) atoms. The number of nitrogens with one attached hydrogen (secondary N) is 2. The van der Waals surface area contributed by atoms with E-state index in [-0.39, 0.29) is 5.91 Å². The second-order valence-electron chi connectivity index (χ2n) is 4.12. The number of hydrogen-bond donors (Lipinski definition) is 2. The molecule has 1 aromatic heterocycles. The van der Waals surface area contributed by atoms with Crippen molar-refractivity contribution in [3.63, 3.8) is 0 Å². The Morgan fingerprint density at radius 1 is 1.25 bits per heavy atom. The van der Waals surface area contributed by atoms with Gasteiger partial charge in [-0.3, -0.25) is 4.79 Å². The Labute approximate surface area is 123 Å². The van der Waals surface area contributed by atoms with Crippen molar-refractivity contribution in [3.8, 4) is 0 Å². The van der Waals surface area contributed by atoms with E-state index in [4.69, 9.17) is 0 Å². The number of para-hydroxylation sites is 1. The van der Waals surface area contributed by atoms with Crippen LogP contribution in [0.1, 0.15) is 17.3 Å². The zero-order valence-electron chi connectivity index (χ0n) is 11.5. The number of anilines is 2. The van der Waals surface area contributed by atoms with Gasteiger partial charge in [0, 0.05) is 17.6 Å². The van der Waals surface area contributed by atoms with Crippen molar-refractivity contribution < 1.29 is 4.79 Å². The van der Waals surface area contributed by atoms with Gasteiger partial charge in [0.1, 0.15) is 5.82 Å². The summed E-state index contributed by atoms with van der Waals surface area (Å²) in [6.07, 6.45) is 3.56. The first-order valence-corrected chi connectivity index (χ1v) is 7.61. The van der Waals surface area contributed by atoms with Gasteiger partial charge in [-0.25, -0.2) is 4.98 Å². The van der Waals surface area contributed by atoms with E-state index in [0.29, 0.717) is 5.56 Å². The highest BCUT2D eigenvalue weighted by atomic mass is 32.2. The van der Waals surface area contributed by atoms with E-state index in [1.54, 1.807) is 30.1 Å². The molecule has 0 saturated heterocycles. The SMILES string of the molecule is CCNc1ccc(C(=O)Nc2ccccc2SC)cn1. The Hall–Kier alpha value is -2.01. The Balaban J connectivity index is 2.11. The lowest BCUT2D eigenvalue weighted by Gasteiger charge is -2.09. The maximum Gasteiger partial charge on any atom is 0.257 e. The molecular weight excluding hydrogens is 270 g/mol. The molecule has 1 heterocycles. The smallest absolute Gasteiger partial charge is 0.257 e. The van der Waals surface area contributed by atoms with E-state index in [9.17, 15) is 4.79 Å². The molecule has 2 rings (SSSR count). The van der Waals surface area contributed by atoms with Crippen LogP contribution in [0.2, 0.25) is 0 Å². The minimum atomic E-state index is -0.151. The highest BCUT2D eigenvalue weighted by Crippen LogP contribution is 2.25. The number of benzene rings is 1. The number of pyridine rings is 1. The highest BCUT2D eigenvalue weighted by Gasteiger charge is 2.09. The molecule has 5 heteroatoms. The lowest BCUT2D eigenvalue weighted by molar-refractivity contribution is 0.102. The zero-order valence-corrected chi connectivity index (χ0v) is 12.3. The van der Waals surface area contributed by atoms with Gasteiger partial charge in [-0.1, -0.05) is 12.1 Å².